The number of benzene rings is 1. The van der Waals surface area contributed by atoms with Crippen LogP contribution in [-0.4, -0.2) is 59.7 Å². The molecule has 0 saturated carbocycles. The fourth-order valence-corrected chi connectivity index (χ4v) is 2.28. The van der Waals surface area contributed by atoms with Gasteiger partial charge in [0.15, 0.2) is 12.7 Å². The van der Waals surface area contributed by atoms with Crippen LogP contribution in [0.5, 0.6) is 5.75 Å². The van der Waals surface area contributed by atoms with Gasteiger partial charge in [0.25, 0.3) is 11.8 Å². The molecular weight excluding hydrogens is 304 g/mol. The number of morpholine rings is 1. The van der Waals surface area contributed by atoms with E-state index in [-0.39, 0.29) is 25.2 Å². The molecule has 1 saturated heterocycles. The maximum Gasteiger partial charge on any atom is 0.334 e. The summed E-state index contributed by atoms with van der Waals surface area (Å²) in [6, 6.07) is 6.20. The normalized spacial score (nSPS) is 20.8. The number of rotatable bonds is 5. The zero-order chi connectivity index (χ0) is 17.0. The van der Waals surface area contributed by atoms with Crippen molar-refractivity contribution in [3.05, 3.63) is 29.8 Å². The molecule has 1 aromatic rings. The van der Waals surface area contributed by atoms with Gasteiger partial charge in [-0.1, -0.05) is 0 Å². The lowest BCUT2D eigenvalue weighted by Crippen LogP contribution is -2.51. The number of ether oxygens (including phenoxy) is 2. The van der Waals surface area contributed by atoms with Gasteiger partial charge >= 0.3 is 5.97 Å². The van der Waals surface area contributed by atoms with Gasteiger partial charge in [-0.2, -0.15) is 0 Å². The summed E-state index contributed by atoms with van der Waals surface area (Å²) in [6.45, 7) is 1.80. The lowest BCUT2D eigenvalue weighted by atomic mass is 10.1. The molecule has 0 bridgehead atoms. The van der Waals surface area contributed by atoms with E-state index in [0.29, 0.717) is 17.9 Å². The zero-order valence-corrected chi connectivity index (χ0v) is 12.6. The number of carboxylic acid groups (broad SMARTS) is 1. The van der Waals surface area contributed by atoms with E-state index < -0.39 is 18.0 Å². The van der Waals surface area contributed by atoms with Crippen LogP contribution < -0.4 is 10.5 Å². The number of primary amides is 1. The monoisotopic (exact) mass is 322 g/mol. The van der Waals surface area contributed by atoms with Crippen LogP contribution in [0.25, 0.3) is 0 Å². The molecule has 2 amide bonds. The van der Waals surface area contributed by atoms with Gasteiger partial charge < -0.3 is 25.2 Å². The fraction of sp³-hybridized carbons (Fsp3) is 0.400. The molecule has 1 fully saturated rings. The predicted molar refractivity (Wildman–Crippen MR) is 79.0 cm³/mol. The molecule has 1 aromatic carbocycles. The van der Waals surface area contributed by atoms with Crippen LogP contribution in [-0.2, 0) is 14.3 Å². The van der Waals surface area contributed by atoms with E-state index in [1.807, 2.05) is 0 Å². The molecule has 2 atom stereocenters. The van der Waals surface area contributed by atoms with Gasteiger partial charge in [-0.3, -0.25) is 9.59 Å². The highest BCUT2D eigenvalue weighted by Crippen LogP contribution is 2.17. The Balaban J connectivity index is 2.04. The van der Waals surface area contributed by atoms with E-state index in [0.717, 1.165) is 0 Å². The number of aliphatic carboxylic acids is 1. The van der Waals surface area contributed by atoms with E-state index in [4.69, 9.17) is 20.3 Å². The van der Waals surface area contributed by atoms with Gasteiger partial charge in [0.1, 0.15) is 5.75 Å². The molecule has 8 nitrogen and oxygen atoms in total. The molecular formula is C15H18N2O6. The Hall–Kier alpha value is -2.61. The smallest absolute Gasteiger partial charge is 0.334 e. The number of hydrogen-bond donors (Lipinski definition) is 2. The third kappa shape index (κ3) is 4.43. The van der Waals surface area contributed by atoms with Crippen molar-refractivity contribution in [3.8, 4) is 5.75 Å². The van der Waals surface area contributed by atoms with Crippen molar-refractivity contribution in [3.63, 3.8) is 0 Å². The lowest BCUT2D eigenvalue weighted by Gasteiger charge is -2.35. The van der Waals surface area contributed by atoms with Crippen LogP contribution in [0.4, 0.5) is 0 Å². The predicted octanol–water partition coefficient (Wildman–Crippen LogP) is -0.135. The van der Waals surface area contributed by atoms with Gasteiger partial charge in [-0.05, 0) is 31.2 Å². The first kappa shape index (κ1) is 16.8. The van der Waals surface area contributed by atoms with Crippen molar-refractivity contribution >= 4 is 17.8 Å². The van der Waals surface area contributed by atoms with Crippen molar-refractivity contribution in [2.24, 2.45) is 5.73 Å². The first-order valence-electron chi connectivity index (χ1n) is 7.05. The molecule has 1 heterocycles. The minimum Gasteiger partial charge on any atom is -0.484 e. The van der Waals surface area contributed by atoms with Crippen LogP contribution in [0.2, 0.25) is 0 Å². The topological polar surface area (TPSA) is 119 Å². The van der Waals surface area contributed by atoms with E-state index >= 15 is 0 Å². The third-order valence-electron chi connectivity index (χ3n) is 3.31. The average Bonchev–Trinajstić information content (AvgIpc) is 2.52. The molecule has 2 rings (SSSR count). The summed E-state index contributed by atoms with van der Waals surface area (Å²) in [4.78, 5) is 35.6. The highest BCUT2D eigenvalue weighted by Gasteiger charge is 2.32. The Kier molecular flexibility index (Phi) is 5.17. The summed E-state index contributed by atoms with van der Waals surface area (Å²) in [6.07, 6.45) is -1.38. The van der Waals surface area contributed by atoms with Crippen LogP contribution in [0.15, 0.2) is 24.3 Å². The molecule has 0 radical (unpaired) electrons. The number of carbonyl (C=O) groups excluding carboxylic acids is 2. The second kappa shape index (κ2) is 7.10. The van der Waals surface area contributed by atoms with Gasteiger partial charge in [-0.15, -0.1) is 0 Å². The van der Waals surface area contributed by atoms with E-state index in [1.165, 1.54) is 4.90 Å². The molecule has 0 aliphatic carbocycles. The summed E-state index contributed by atoms with van der Waals surface area (Å²) in [5.74, 6) is -1.55. The Labute approximate surface area is 132 Å². The third-order valence-corrected chi connectivity index (χ3v) is 3.31. The SMILES string of the molecule is C[C@@H]1CN(C(=O)c2ccc(OCC(N)=O)cc2)CC(C(=O)O)O1. The number of hydrogen-bond acceptors (Lipinski definition) is 5. The van der Waals surface area contributed by atoms with Gasteiger partial charge in [0, 0.05) is 12.1 Å². The summed E-state index contributed by atoms with van der Waals surface area (Å²) in [5, 5.41) is 9.05. The van der Waals surface area contributed by atoms with Crippen molar-refractivity contribution < 1.29 is 29.0 Å². The summed E-state index contributed by atoms with van der Waals surface area (Å²) in [7, 11) is 0. The van der Waals surface area contributed by atoms with Crippen molar-refractivity contribution in [2.75, 3.05) is 19.7 Å². The lowest BCUT2D eigenvalue weighted by molar-refractivity contribution is -0.160. The largest absolute Gasteiger partial charge is 0.484 e. The Morgan fingerprint density at radius 3 is 2.52 bits per heavy atom. The molecule has 1 aliphatic rings. The highest BCUT2D eigenvalue weighted by molar-refractivity contribution is 5.94. The van der Waals surface area contributed by atoms with Crippen LogP contribution in [0.3, 0.4) is 0 Å². The van der Waals surface area contributed by atoms with Crippen molar-refractivity contribution in [2.45, 2.75) is 19.1 Å². The van der Waals surface area contributed by atoms with Crippen LogP contribution >= 0.6 is 0 Å². The summed E-state index contributed by atoms with van der Waals surface area (Å²) in [5.41, 5.74) is 5.38. The zero-order valence-electron chi connectivity index (χ0n) is 12.6. The fourth-order valence-electron chi connectivity index (χ4n) is 2.28. The van der Waals surface area contributed by atoms with Gasteiger partial charge in [0.05, 0.1) is 12.6 Å². The number of carboxylic acids is 1. The summed E-state index contributed by atoms with van der Waals surface area (Å²) < 4.78 is 10.4. The standard InChI is InChI=1S/C15H18N2O6/c1-9-6-17(7-12(23-9)15(20)21)14(19)10-2-4-11(5-3-10)22-8-13(16)18/h2-5,9,12H,6-8H2,1H3,(H2,16,18)(H,20,21)/t9-,12?/m1/s1. The van der Waals surface area contributed by atoms with Gasteiger partial charge in [-0.25, -0.2) is 4.79 Å². The molecule has 8 heteroatoms. The molecule has 0 aromatic heterocycles. The quantitative estimate of drug-likeness (QED) is 0.779. The highest BCUT2D eigenvalue weighted by atomic mass is 16.5. The van der Waals surface area contributed by atoms with Crippen molar-refractivity contribution in [1.82, 2.24) is 4.90 Å². The van der Waals surface area contributed by atoms with Crippen LogP contribution in [0, 0.1) is 0 Å². The number of nitrogens with zero attached hydrogens (tertiary/aromatic N) is 1. The average molecular weight is 322 g/mol. The molecule has 0 spiro atoms. The number of amides is 2. The molecule has 124 valence electrons. The Bertz CT molecular complexity index is 600. The minimum atomic E-state index is -1.09. The maximum atomic E-state index is 12.5. The van der Waals surface area contributed by atoms with Crippen LogP contribution in [0.1, 0.15) is 17.3 Å². The molecule has 3 N–H and O–H groups in total. The molecule has 23 heavy (non-hydrogen) atoms. The molecule has 1 aliphatic heterocycles. The summed E-state index contributed by atoms with van der Waals surface area (Å²) >= 11 is 0. The van der Waals surface area contributed by atoms with E-state index in [9.17, 15) is 14.4 Å². The number of carbonyl (C=O) groups is 3. The van der Waals surface area contributed by atoms with Gasteiger partial charge in [0.2, 0.25) is 0 Å². The Morgan fingerprint density at radius 2 is 1.96 bits per heavy atom. The van der Waals surface area contributed by atoms with Crippen molar-refractivity contribution in [1.29, 1.82) is 0 Å². The second-order valence-corrected chi connectivity index (χ2v) is 5.26. The van der Waals surface area contributed by atoms with E-state index in [2.05, 4.69) is 0 Å². The Morgan fingerprint density at radius 1 is 1.30 bits per heavy atom. The maximum absolute atomic E-state index is 12.5. The first-order valence-corrected chi connectivity index (χ1v) is 7.05. The second-order valence-electron chi connectivity index (χ2n) is 5.26. The molecule has 1 unspecified atom stereocenters. The van der Waals surface area contributed by atoms with E-state index in [1.54, 1.807) is 31.2 Å². The minimum absolute atomic E-state index is 0.00155. The first-order chi connectivity index (χ1) is 10.9. The number of nitrogens with two attached hydrogens (primary N) is 1.